The van der Waals surface area contributed by atoms with E-state index in [0.717, 1.165) is 22.4 Å². The second kappa shape index (κ2) is 48.6. The molecule has 0 saturated heterocycles. The monoisotopic (exact) mass is 1070 g/mol. The van der Waals surface area contributed by atoms with Crippen LogP contribution >= 0.6 is 0 Å². The average Bonchev–Trinajstić information content (AvgIpc) is 3.44. The van der Waals surface area contributed by atoms with Crippen molar-refractivity contribution in [1.82, 2.24) is 5.32 Å². The topological polar surface area (TPSA) is 206 Å². The normalized spacial score (nSPS) is 11.7. The molecular weight excluding hydrogens is 979 g/mol. The second-order valence-corrected chi connectivity index (χ2v) is 16.1. The molecule has 0 bridgehead atoms. The SMILES string of the molecule is COc1ccc(C(NCCOCCOCCOCCOCCOCCOCCOCCOCCOCCOCCOCCOCCOCCOCCOCCOCCC(=O)O)(c2ccccc2)c2ccccc2)cc1. The molecule has 0 aliphatic heterocycles. The summed E-state index contributed by atoms with van der Waals surface area (Å²) >= 11 is 0. The largest absolute Gasteiger partial charge is 0.497 e. The van der Waals surface area contributed by atoms with E-state index in [4.69, 9.17) is 85.6 Å². The Morgan fingerprint density at radius 3 is 0.800 bits per heavy atom. The van der Waals surface area contributed by atoms with Crippen LogP contribution in [0.2, 0.25) is 0 Å². The summed E-state index contributed by atoms with van der Waals surface area (Å²) < 4.78 is 93.8. The number of aliphatic carboxylic acids is 1. The minimum Gasteiger partial charge on any atom is -0.497 e. The van der Waals surface area contributed by atoms with Gasteiger partial charge in [-0.1, -0.05) is 72.8 Å². The van der Waals surface area contributed by atoms with Gasteiger partial charge < -0.3 is 85.6 Å². The molecule has 0 saturated carbocycles. The Labute approximate surface area is 444 Å². The summed E-state index contributed by atoms with van der Waals surface area (Å²) in [6.45, 7) is 15.5. The standard InChI is InChI=1S/C55H87NO19/c1-59-53-14-12-52(13-15-53)55(50-8-4-2-5-9-50,51-10-6-3-7-11-51)56-17-19-61-21-23-63-25-27-65-29-31-67-33-35-69-37-39-71-41-43-73-45-47-75-49-48-74-46-44-72-42-40-70-38-36-68-34-32-66-30-28-64-26-24-62-22-20-60-18-16-54(57)58/h2-15,56H,16-49H2,1H3,(H,57,58). The molecule has 20 nitrogen and oxygen atoms in total. The lowest BCUT2D eigenvalue weighted by molar-refractivity contribution is -0.138. The van der Waals surface area contributed by atoms with Gasteiger partial charge in [0.2, 0.25) is 0 Å². The van der Waals surface area contributed by atoms with Gasteiger partial charge in [-0.15, -0.1) is 0 Å². The van der Waals surface area contributed by atoms with E-state index in [1.165, 1.54) is 0 Å². The Balaban J connectivity index is 0.957. The smallest absolute Gasteiger partial charge is 0.305 e. The first-order valence-corrected chi connectivity index (χ1v) is 26.1. The van der Waals surface area contributed by atoms with Gasteiger partial charge >= 0.3 is 5.97 Å². The van der Waals surface area contributed by atoms with Crippen molar-refractivity contribution in [2.24, 2.45) is 0 Å². The molecule has 0 amide bonds. The molecule has 0 spiro atoms. The number of hydrogen-bond acceptors (Lipinski definition) is 19. The molecule has 0 radical (unpaired) electrons. The molecule has 3 rings (SSSR count). The number of carboxylic acid groups (broad SMARTS) is 1. The van der Waals surface area contributed by atoms with Gasteiger partial charge in [-0.2, -0.15) is 0 Å². The summed E-state index contributed by atoms with van der Waals surface area (Å²) in [5.74, 6) is -0.0665. The van der Waals surface area contributed by atoms with E-state index < -0.39 is 11.5 Å². The quantitative estimate of drug-likeness (QED) is 0.0597. The molecule has 0 unspecified atom stereocenters. The van der Waals surface area contributed by atoms with Crippen molar-refractivity contribution in [1.29, 1.82) is 0 Å². The van der Waals surface area contributed by atoms with E-state index >= 15 is 0 Å². The number of benzene rings is 3. The van der Waals surface area contributed by atoms with Crippen LogP contribution in [0.5, 0.6) is 5.75 Å². The molecule has 0 atom stereocenters. The highest BCUT2D eigenvalue weighted by Gasteiger charge is 2.35. The zero-order valence-electron chi connectivity index (χ0n) is 44.4. The fraction of sp³-hybridized carbons (Fsp3) is 0.655. The van der Waals surface area contributed by atoms with Crippen LogP contribution in [0, 0.1) is 0 Å². The fourth-order valence-corrected chi connectivity index (χ4v) is 6.89. The van der Waals surface area contributed by atoms with Crippen molar-refractivity contribution in [2.75, 3.05) is 225 Å². The van der Waals surface area contributed by atoms with Crippen LogP contribution in [0.4, 0.5) is 0 Å². The molecule has 0 aromatic heterocycles. The molecule has 20 heteroatoms. The highest BCUT2D eigenvalue weighted by Crippen LogP contribution is 2.37. The van der Waals surface area contributed by atoms with Crippen LogP contribution in [0.25, 0.3) is 0 Å². The molecule has 75 heavy (non-hydrogen) atoms. The predicted octanol–water partition coefficient (Wildman–Crippen LogP) is 4.32. The van der Waals surface area contributed by atoms with E-state index in [1.54, 1.807) is 7.11 Å². The third-order valence-corrected chi connectivity index (χ3v) is 10.6. The van der Waals surface area contributed by atoms with Crippen LogP contribution in [-0.2, 0) is 86.1 Å². The lowest BCUT2D eigenvalue weighted by atomic mass is 9.77. The Kier molecular flexibility index (Phi) is 42.5. The maximum atomic E-state index is 10.4. The van der Waals surface area contributed by atoms with Crippen LogP contribution in [0.3, 0.4) is 0 Å². The Morgan fingerprint density at radius 1 is 0.333 bits per heavy atom. The summed E-state index contributed by atoms with van der Waals surface area (Å²) in [5.41, 5.74) is 2.81. The number of nitrogens with one attached hydrogen (secondary N) is 1. The second-order valence-electron chi connectivity index (χ2n) is 16.1. The Bertz CT molecular complexity index is 1640. The van der Waals surface area contributed by atoms with Gasteiger partial charge in [-0.25, -0.2) is 0 Å². The van der Waals surface area contributed by atoms with Gasteiger partial charge in [0, 0.05) is 6.54 Å². The highest BCUT2D eigenvalue weighted by molar-refractivity contribution is 5.66. The fourth-order valence-electron chi connectivity index (χ4n) is 6.89. The first kappa shape index (κ1) is 65.5. The molecule has 0 fully saturated rings. The molecule has 3 aromatic carbocycles. The third kappa shape index (κ3) is 34.6. The number of carbonyl (C=O) groups is 1. The van der Waals surface area contributed by atoms with Crippen molar-refractivity contribution in [3.05, 3.63) is 102 Å². The predicted molar refractivity (Wildman–Crippen MR) is 279 cm³/mol. The summed E-state index contributed by atoms with van der Waals surface area (Å²) in [7, 11) is 1.68. The van der Waals surface area contributed by atoms with E-state index in [-0.39, 0.29) is 13.0 Å². The van der Waals surface area contributed by atoms with E-state index in [9.17, 15) is 4.79 Å². The van der Waals surface area contributed by atoms with Gasteiger partial charge in [-0.05, 0) is 28.8 Å². The first-order valence-electron chi connectivity index (χ1n) is 26.1. The number of hydrogen-bond donors (Lipinski definition) is 2. The zero-order chi connectivity index (χ0) is 53.1. The molecule has 0 heterocycles. The molecular formula is C55H87NO19. The van der Waals surface area contributed by atoms with Crippen molar-refractivity contribution < 1.29 is 90.4 Å². The molecule has 2 N–H and O–H groups in total. The van der Waals surface area contributed by atoms with Crippen LogP contribution in [0.1, 0.15) is 23.1 Å². The summed E-state index contributed by atoms with van der Waals surface area (Å²) in [6, 6.07) is 29.2. The summed E-state index contributed by atoms with van der Waals surface area (Å²) in [4.78, 5) is 10.4. The lowest BCUT2D eigenvalue weighted by Gasteiger charge is -2.37. The first-order chi connectivity index (χ1) is 37.2. The maximum Gasteiger partial charge on any atom is 0.305 e. The number of carboxylic acids is 1. The van der Waals surface area contributed by atoms with E-state index in [1.807, 2.05) is 24.3 Å². The minimum atomic E-state index is -0.878. The average molecular weight is 1070 g/mol. The van der Waals surface area contributed by atoms with E-state index in [0.29, 0.717) is 211 Å². The third-order valence-electron chi connectivity index (χ3n) is 10.6. The molecule has 0 aliphatic carbocycles. The Morgan fingerprint density at radius 2 is 0.560 bits per heavy atom. The van der Waals surface area contributed by atoms with Gasteiger partial charge in [0.1, 0.15) is 5.75 Å². The van der Waals surface area contributed by atoms with E-state index in [2.05, 4.69) is 66.0 Å². The highest BCUT2D eigenvalue weighted by atomic mass is 16.6. The number of methoxy groups -OCH3 is 1. The van der Waals surface area contributed by atoms with Crippen molar-refractivity contribution in [3.8, 4) is 5.75 Å². The van der Waals surface area contributed by atoms with Crippen LogP contribution in [0.15, 0.2) is 84.9 Å². The summed E-state index contributed by atoms with van der Waals surface area (Å²) in [5, 5.41) is 12.4. The van der Waals surface area contributed by atoms with Crippen LogP contribution in [-0.4, -0.2) is 236 Å². The lowest BCUT2D eigenvalue weighted by Crippen LogP contribution is -2.46. The van der Waals surface area contributed by atoms with Crippen LogP contribution < -0.4 is 10.1 Å². The molecule has 426 valence electrons. The van der Waals surface area contributed by atoms with Crippen molar-refractivity contribution >= 4 is 5.97 Å². The van der Waals surface area contributed by atoms with Crippen molar-refractivity contribution in [2.45, 2.75) is 12.0 Å². The zero-order valence-corrected chi connectivity index (χ0v) is 44.4. The number of ether oxygens (including phenoxy) is 17. The van der Waals surface area contributed by atoms with Gasteiger partial charge in [-0.3, -0.25) is 10.1 Å². The van der Waals surface area contributed by atoms with Gasteiger partial charge in [0.15, 0.2) is 0 Å². The Hall–Kier alpha value is -3.75. The maximum absolute atomic E-state index is 10.4. The molecule has 0 aliphatic rings. The minimum absolute atomic E-state index is 0.00848. The summed E-state index contributed by atoms with van der Waals surface area (Å²) in [6.07, 6.45) is -0.00848. The molecule has 3 aromatic rings. The number of rotatable bonds is 56. The van der Waals surface area contributed by atoms with Crippen molar-refractivity contribution in [3.63, 3.8) is 0 Å². The van der Waals surface area contributed by atoms with Gasteiger partial charge in [0.25, 0.3) is 0 Å². The van der Waals surface area contributed by atoms with Gasteiger partial charge in [0.05, 0.1) is 230 Å².